The normalized spacial score (nSPS) is 25.0. The van der Waals surface area contributed by atoms with Crippen molar-refractivity contribution in [2.75, 3.05) is 26.2 Å². The molecule has 1 aromatic carbocycles. The number of amides is 1. The van der Waals surface area contributed by atoms with Crippen LogP contribution < -0.4 is 4.72 Å². The highest BCUT2D eigenvalue weighted by Gasteiger charge is 2.30. The fourth-order valence-electron chi connectivity index (χ4n) is 3.54. The molecule has 0 saturated carbocycles. The fraction of sp³-hybridized carbons (Fsp3) is 0.500. The summed E-state index contributed by atoms with van der Waals surface area (Å²) in [5.74, 6) is 0.0527. The number of amidine groups is 1. The van der Waals surface area contributed by atoms with E-state index >= 15 is 0 Å². The van der Waals surface area contributed by atoms with Crippen molar-refractivity contribution in [2.24, 2.45) is 16.8 Å². The number of sulfonamides is 1. The molecule has 1 saturated heterocycles. The summed E-state index contributed by atoms with van der Waals surface area (Å²) in [6, 6.07) is 6.38. The first-order valence-electron chi connectivity index (χ1n) is 8.86. The van der Waals surface area contributed by atoms with Crippen molar-refractivity contribution >= 4 is 27.7 Å². The molecule has 2 aliphatic heterocycles. The molecule has 2 atom stereocenters. The van der Waals surface area contributed by atoms with E-state index in [0.717, 1.165) is 6.42 Å². The van der Waals surface area contributed by atoms with Crippen molar-refractivity contribution < 1.29 is 22.7 Å². The van der Waals surface area contributed by atoms with E-state index in [1.54, 1.807) is 23.1 Å². The number of benzene rings is 1. The molecular formula is C18H23N3O5S. The number of likely N-dealkylation sites (tertiary alicyclic amines) is 1. The van der Waals surface area contributed by atoms with Gasteiger partial charge >= 0.3 is 5.97 Å². The van der Waals surface area contributed by atoms with Crippen LogP contribution in [0.15, 0.2) is 34.2 Å². The summed E-state index contributed by atoms with van der Waals surface area (Å²) in [5.41, 5.74) is 0.415. The second kappa shape index (κ2) is 7.67. The number of piperidine rings is 1. The number of hydrogen-bond acceptors (Lipinski definition) is 6. The van der Waals surface area contributed by atoms with Crippen molar-refractivity contribution in [3.63, 3.8) is 0 Å². The number of hydrogen-bond donors (Lipinski definition) is 1. The Morgan fingerprint density at radius 2 is 1.89 bits per heavy atom. The van der Waals surface area contributed by atoms with E-state index in [9.17, 15) is 18.0 Å². The Balaban J connectivity index is 1.55. The van der Waals surface area contributed by atoms with Gasteiger partial charge in [0.05, 0.1) is 4.90 Å². The van der Waals surface area contributed by atoms with Gasteiger partial charge in [0.1, 0.15) is 12.4 Å². The highest BCUT2D eigenvalue weighted by Crippen LogP contribution is 2.22. The lowest BCUT2D eigenvalue weighted by Gasteiger charge is -2.34. The van der Waals surface area contributed by atoms with E-state index in [4.69, 9.17) is 4.74 Å². The average Bonchev–Trinajstić information content (AvgIpc) is 2.88. The highest BCUT2D eigenvalue weighted by molar-refractivity contribution is 7.90. The zero-order chi connectivity index (χ0) is 19.6. The smallest absolute Gasteiger partial charge is 0.328 e. The molecule has 1 fully saturated rings. The maximum Gasteiger partial charge on any atom is 0.328 e. The first-order valence-corrected chi connectivity index (χ1v) is 10.3. The largest absolute Gasteiger partial charge is 0.454 e. The Morgan fingerprint density at radius 3 is 2.59 bits per heavy atom. The van der Waals surface area contributed by atoms with E-state index in [-0.39, 0.29) is 29.8 Å². The molecule has 2 aliphatic rings. The van der Waals surface area contributed by atoms with Crippen LogP contribution >= 0.6 is 0 Å². The number of esters is 1. The van der Waals surface area contributed by atoms with Crippen LogP contribution in [0, 0.1) is 11.8 Å². The Morgan fingerprint density at radius 1 is 1.22 bits per heavy atom. The fourth-order valence-corrected chi connectivity index (χ4v) is 4.79. The predicted molar refractivity (Wildman–Crippen MR) is 98.7 cm³/mol. The van der Waals surface area contributed by atoms with Gasteiger partial charge in [0.15, 0.2) is 6.61 Å². The molecule has 0 aliphatic carbocycles. The molecule has 3 rings (SSSR count). The van der Waals surface area contributed by atoms with Crippen LogP contribution in [0.25, 0.3) is 0 Å². The van der Waals surface area contributed by atoms with Gasteiger partial charge in [-0.15, -0.1) is 0 Å². The number of ether oxygens (including phenoxy) is 1. The Labute approximate surface area is 158 Å². The van der Waals surface area contributed by atoms with Crippen LogP contribution in [0.4, 0.5) is 0 Å². The van der Waals surface area contributed by atoms with Gasteiger partial charge in [-0.1, -0.05) is 26.0 Å². The van der Waals surface area contributed by atoms with Crippen molar-refractivity contribution in [1.82, 2.24) is 9.62 Å². The van der Waals surface area contributed by atoms with Gasteiger partial charge in [0.25, 0.3) is 15.9 Å². The molecular weight excluding hydrogens is 370 g/mol. The minimum absolute atomic E-state index is 0.104. The topological polar surface area (TPSA) is 105 Å². The highest BCUT2D eigenvalue weighted by atomic mass is 32.2. The molecule has 8 nitrogen and oxygen atoms in total. The lowest BCUT2D eigenvalue weighted by molar-refractivity contribution is -0.152. The zero-order valence-corrected chi connectivity index (χ0v) is 16.2. The first kappa shape index (κ1) is 19.3. The van der Waals surface area contributed by atoms with Gasteiger partial charge in [0, 0.05) is 18.7 Å². The van der Waals surface area contributed by atoms with E-state index in [1.807, 2.05) is 0 Å². The van der Waals surface area contributed by atoms with Crippen LogP contribution in [-0.2, 0) is 24.3 Å². The molecule has 27 heavy (non-hydrogen) atoms. The monoisotopic (exact) mass is 393 g/mol. The van der Waals surface area contributed by atoms with Gasteiger partial charge < -0.3 is 9.64 Å². The number of nitrogens with one attached hydrogen (secondary N) is 1. The minimum Gasteiger partial charge on any atom is -0.454 e. The maximum absolute atomic E-state index is 12.2. The van der Waals surface area contributed by atoms with Crippen molar-refractivity contribution in [2.45, 2.75) is 25.2 Å². The summed E-state index contributed by atoms with van der Waals surface area (Å²) < 4.78 is 31.3. The summed E-state index contributed by atoms with van der Waals surface area (Å²) in [7, 11) is -3.65. The SMILES string of the molecule is C[C@@H]1C[C@H](C)CN(C(=O)COC(=O)CN=C2NS(=O)(=O)c3ccccc32)C1. The van der Waals surface area contributed by atoms with Gasteiger partial charge in [-0.25, -0.2) is 8.42 Å². The van der Waals surface area contributed by atoms with Gasteiger partial charge in [-0.05, 0) is 30.4 Å². The molecule has 146 valence electrons. The second-order valence-electron chi connectivity index (χ2n) is 7.17. The predicted octanol–water partition coefficient (Wildman–Crippen LogP) is 0.773. The lowest BCUT2D eigenvalue weighted by Crippen LogP contribution is -2.44. The molecule has 2 heterocycles. The lowest BCUT2D eigenvalue weighted by atomic mass is 9.92. The van der Waals surface area contributed by atoms with E-state index in [2.05, 4.69) is 23.6 Å². The van der Waals surface area contributed by atoms with Crippen LogP contribution in [0.2, 0.25) is 0 Å². The van der Waals surface area contributed by atoms with Gasteiger partial charge in [-0.3, -0.25) is 19.3 Å². The van der Waals surface area contributed by atoms with Crippen LogP contribution in [0.5, 0.6) is 0 Å². The van der Waals surface area contributed by atoms with Crippen LogP contribution in [-0.4, -0.2) is 57.3 Å². The molecule has 0 unspecified atom stereocenters. The summed E-state index contributed by atoms with van der Waals surface area (Å²) in [6.07, 6.45) is 1.08. The third kappa shape index (κ3) is 4.47. The van der Waals surface area contributed by atoms with E-state index in [1.165, 1.54) is 6.07 Å². The van der Waals surface area contributed by atoms with Crippen LogP contribution in [0.1, 0.15) is 25.8 Å². The van der Waals surface area contributed by atoms with Gasteiger partial charge in [0.2, 0.25) is 0 Å². The standard InChI is InChI=1S/C18H23N3O5S/c1-12-7-13(2)10-21(9-12)16(22)11-26-17(23)8-19-18-14-5-3-4-6-15(14)27(24,25)20-18/h3-6,12-13H,7-11H2,1-2H3,(H,19,20)/t12-,13+. The summed E-state index contributed by atoms with van der Waals surface area (Å²) in [5, 5.41) is 0. The Hall–Kier alpha value is -2.42. The number of carbonyl (C=O) groups is 2. The van der Waals surface area contributed by atoms with Crippen LogP contribution in [0.3, 0.4) is 0 Å². The maximum atomic E-state index is 12.2. The molecule has 0 bridgehead atoms. The van der Waals surface area contributed by atoms with Crippen molar-refractivity contribution in [1.29, 1.82) is 0 Å². The summed E-state index contributed by atoms with van der Waals surface area (Å²) >= 11 is 0. The number of rotatable bonds is 4. The second-order valence-corrected chi connectivity index (χ2v) is 8.82. The van der Waals surface area contributed by atoms with Crippen molar-refractivity contribution in [3.8, 4) is 0 Å². The van der Waals surface area contributed by atoms with E-state index < -0.39 is 16.0 Å². The quantitative estimate of drug-likeness (QED) is 0.761. The molecule has 1 N–H and O–H groups in total. The van der Waals surface area contributed by atoms with E-state index in [0.29, 0.717) is 30.5 Å². The number of nitrogens with zero attached hydrogens (tertiary/aromatic N) is 2. The molecule has 1 aromatic rings. The minimum atomic E-state index is -3.65. The third-order valence-electron chi connectivity index (χ3n) is 4.61. The molecule has 0 aromatic heterocycles. The Kier molecular flexibility index (Phi) is 5.50. The van der Waals surface area contributed by atoms with Gasteiger partial charge in [-0.2, -0.15) is 0 Å². The average molecular weight is 393 g/mol. The number of fused-ring (bicyclic) bond motifs is 1. The number of aliphatic imine (C=N–C) groups is 1. The first-order chi connectivity index (χ1) is 12.8. The molecule has 9 heteroatoms. The Bertz CT molecular complexity index is 871. The summed E-state index contributed by atoms with van der Waals surface area (Å²) in [6.45, 7) is 4.83. The third-order valence-corrected chi connectivity index (χ3v) is 6.00. The summed E-state index contributed by atoms with van der Waals surface area (Å²) in [4.78, 5) is 30.0. The van der Waals surface area contributed by atoms with Crippen molar-refractivity contribution in [3.05, 3.63) is 29.8 Å². The number of carbonyl (C=O) groups excluding carboxylic acids is 2. The zero-order valence-electron chi connectivity index (χ0n) is 15.3. The molecule has 0 radical (unpaired) electrons. The molecule has 1 amide bonds. The molecule has 0 spiro atoms.